The van der Waals surface area contributed by atoms with Gasteiger partial charge in [0.15, 0.2) is 0 Å². The Morgan fingerprint density at radius 2 is 1.62 bits per heavy atom. The van der Waals surface area contributed by atoms with E-state index in [0.717, 1.165) is 16.7 Å². The van der Waals surface area contributed by atoms with Crippen LogP contribution in [0.15, 0.2) is 83.8 Å². The number of aromatic carboxylic acids is 1. The van der Waals surface area contributed by atoms with Crippen molar-refractivity contribution >= 4 is 51.8 Å². The lowest BCUT2D eigenvalue weighted by atomic mass is 9.87. The first-order valence-electron chi connectivity index (χ1n) is 13.1. The van der Waals surface area contributed by atoms with Gasteiger partial charge in [-0.1, -0.05) is 54.9 Å². The number of hydrogen-bond donors (Lipinski definition) is 3. The van der Waals surface area contributed by atoms with Gasteiger partial charge in [0.25, 0.3) is 5.91 Å². The first-order valence-corrected chi connectivity index (χ1v) is 15.8. The van der Waals surface area contributed by atoms with Crippen LogP contribution < -0.4 is 10.6 Å². The Morgan fingerprint density at radius 3 is 2.29 bits per heavy atom. The largest absolute Gasteiger partial charge is 0.478 e. The second kappa shape index (κ2) is 11.3. The van der Waals surface area contributed by atoms with Crippen molar-refractivity contribution in [3.63, 3.8) is 0 Å². The highest BCUT2D eigenvalue weighted by atomic mass is 32.2. The van der Waals surface area contributed by atoms with E-state index in [4.69, 9.17) is 0 Å². The summed E-state index contributed by atoms with van der Waals surface area (Å²) >= 11 is 0. The Hall–Kier alpha value is -3.45. The van der Waals surface area contributed by atoms with Gasteiger partial charge in [-0.05, 0) is 84.3 Å². The Balaban J connectivity index is 1.35. The van der Waals surface area contributed by atoms with E-state index in [9.17, 15) is 32.3 Å². The molecular weight excluding hydrogens is 597 g/mol. The summed E-state index contributed by atoms with van der Waals surface area (Å²) in [5.41, 5.74) is 3.22. The van der Waals surface area contributed by atoms with Crippen molar-refractivity contribution in [2.75, 3.05) is 5.32 Å². The smallest absolute Gasteiger partial charge is 0.335 e. The topological polar surface area (TPSA) is 130 Å². The number of benzene rings is 3. The van der Waals surface area contributed by atoms with E-state index in [2.05, 4.69) is 10.6 Å². The molecule has 2 unspecified atom stereocenters. The predicted octanol–water partition coefficient (Wildman–Crippen LogP) is 5.02. The molecule has 3 N–H and O–H groups in total. The molecule has 1 fully saturated rings. The molecule has 218 valence electrons. The highest BCUT2D eigenvalue weighted by Gasteiger charge is 2.49. The summed E-state index contributed by atoms with van der Waals surface area (Å²) in [6, 6.07) is 16.6. The van der Waals surface area contributed by atoms with E-state index in [1.807, 2.05) is 25.1 Å². The van der Waals surface area contributed by atoms with Gasteiger partial charge in [-0.15, -0.1) is 0 Å². The lowest BCUT2D eigenvalue weighted by molar-refractivity contribution is -0.121. The lowest BCUT2D eigenvalue weighted by Gasteiger charge is -2.28. The molecular formula is C30H29FN2O6P2S. The van der Waals surface area contributed by atoms with Crippen molar-refractivity contribution in [3.05, 3.63) is 95.6 Å². The summed E-state index contributed by atoms with van der Waals surface area (Å²) in [6.45, 7) is 1.90. The van der Waals surface area contributed by atoms with E-state index < -0.39 is 32.2 Å². The fraction of sp³-hybridized carbons (Fsp3) is 0.233. The van der Waals surface area contributed by atoms with Gasteiger partial charge in [0.2, 0.25) is 20.2 Å². The number of carboxylic acid groups (broad SMARTS) is 1. The van der Waals surface area contributed by atoms with Gasteiger partial charge in [0.1, 0.15) is 0 Å². The van der Waals surface area contributed by atoms with E-state index in [1.165, 1.54) is 36.4 Å². The number of alkyl halides is 1. The number of fused-ring (bicyclic) bond motifs is 2. The summed E-state index contributed by atoms with van der Waals surface area (Å²) in [5.74, 6) is -2.50. The molecule has 5 rings (SSSR count). The Labute approximate surface area is 247 Å². The monoisotopic (exact) mass is 626 g/mol. The number of anilines is 1. The molecule has 6 atom stereocenters. The molecule has 0 aromatic heterocycles. The maximum Gasteiger partial charge on any atom is 0.335 e. The van der Waals surface area contributed by atoms with Crippen molar-refractivity contribution in [2.45, 2.75) is 28.8 Å². The molecule has 2 aliphatic carbocycles. The maximum absolute atomic E-state index is 14.3. The van der Waals surface area contributed by atoms with E-state index in [1.54, 1.807) is 42.7 Å². The van der Waals surface area contributed by atoms with E-state index in [-0.39, 0.29) is 39.8 Å². The molecule has 0 spiro atoms. The number of sulfone groups is 1. The van der Waals surface area contributed by atoms with Crippen LogP contribution in [0.1, 0.15) is 32.7 Å². The highest BCUT2D eigenvalue weighted by molar-refractivity contribution is 8.01. The van der Waals surface area contributed by atoms with E-state index in [0.29, 0.717) is 12.0 Å². The quantitative estimate of drug-likeness (QED) is 0.238. The zero-order valence-corrected chi connectivity index (χ0v) is 25.6. The second-order valence-corrected chi connectivity index (χ2v) is 15.9. The molecule has 3 aromatic carbocycles. The van der Waals surface area contributed by atoms with Crippen molar-refractivity contribution in [1.82, 2.24) is 5.32 Å². The molecule has 2 bridgehead atoms. The number of hydrogen-bond acceptors (Lipinski definition) is 5. The number of nitrogens with one attached hydrogen (secondary N) is 2. The molecule has 42 heavy (non-hydrogen) atoms. The molecule has 0 aliphatic heterocycles. The van der Waals surface area contributed by atoms with Crippen LogP contribution in [0.4, 0.5) is 10.1 Å². The predicted molar refractivity (Wildman–Crippen MR) is 165 cm³/mol. The molecule has 8 nitrogen and oxygen atoms in total. The zero-order valence-electron chi connectivity index (χ0n) is 22.5. The van der Waals surface area contributed by atoms with Crippen LogP contribution in [-0.4, -0.2) is 41.8 Å². The number of carbonyl (C=O) groups is 3. The van der Waals surface area contributed by atoms with Gasteiger partial charge in [-0.3, -0.25) is 9.59 Å². The minimum Gasteiger partial charge on any atom is -0.478 e. The standard InChI is InChI=1S/C30H29FN2O6P2S/c1-16-5-6-21(14-24(16)17-7-9-18(10-8-17)29(36)37)27(34)33-26-20-12-11-19(13-20)25(26)28(35)32-22-3-2-4-23(15-22)42(38,39)30(31,40)41/h2-12,14-15,19-20,25-26H,13,40-41H2,1H3,(H,32,35)(H,33,34)(H,36,37)/t19-,20+,25+,26-/m1/s1. The van der Waals surface area contributed by atoms with Crippen molar-refractivity contribution < 1.29 is 32.3 Å². The molecule has 0 saturated heterocycles. The number of amides is 2. The zero-order chi connectivity index (χ0) is 30.4. The van der Waals surface area contributed by atoms with Gasteiger partial charge in [-0.25, -0.2) is 17.6 Å². The SMILES string of the molecule is Cc1ccc(C(=O)N[C@H]2[C@@H](C(=O)Nc3cccc(S(=O)(=O)C(F)(P)P)c3)[C@@H]3C=C[C@H]2C3)cc1-c1ccc(C(=O)O)cc1. The summed E-state index contributed by atoms with van der Waals surface area (Å²) in [7, 11) is -1.07. The van der Waals surface area contributed by atoms with Gasteiger partial charge >= 0.3 is 5.97 Å². The summed E-state index contributed by atoms with van der Waals surface area (Å²) in [6.07, 6.45) is 4.65. The minimum absolute atomic E-state index is 0.0451. The number of rotatable bonds is 8. The average Bonchev–Trinajstić information content (AvgIpc) is 3.55. The number of allylic oxidation sites excluding steroid dienone is 1. The number of carbonyl (C=O) groups excluding carboxylic acids is 2. The third kappa shape index (κ3) is 5.76. The number of carboxylic acids is 1. The molecule has 0 heterocycles. The maximum atomic E-state index is 14.3. The van der Waals surface area contributed by atoms with Crippen LogP contribution in [0.3, 0.4) is 0 Å². The van der Waals surface area contributed by atoms with E-state index >= 15 is 0 Å². The van der Waals surface area contributed by atoms with Gasteiger partial charge in [0, 0.05) is 17.3 Å². The van der Waals surface area contributed by atoms with Crippen LogP contribution in [0.5, 0.6) is 0 Å². The number of halogens is 1. The van der Waals surface area contributed by atoms with Gasteiger partial charge in [0.05, 0.1) is 16.4 Å². The van der Waals surface area contributed by atoms with Crippen molar-refractivity contribution in [3.8, 4) is 11.1 Å². The van der Waals surface area contributed by atoms with Crippen molar-refractivity contribution in [1.29, 1.82) is 0 Å². The van der Waals surface area contributed by atoms with Crippen LogP contribution in [0, 0.1) is 24.7 Å². The van der Waals surface area contributed by atoms with Gasteiger partial charge < -0.3 is 15.7 Å². The lowest BCUT2D eigenvalue weighted by Crippen LogP contribution is -2.47. The Bertz CT molecular complexity index is 1720. The molecule has 1 saturated carbocycles. The molecule has 12 heteroatoms. The first kappa shape index (κ1) is 30.0. The molecule has 0 radical (unpaired) electrons. The summed E-state index contributed by atoms with van der Waals surface area (Å²) in [5, 5.41) is 15.0. The summed E-state index contributed by atoms with van der Waals surface area (Å²) in [4.78, 5) is 37.9. The Kier molecular flexibility index (Phi) is 8.10. The normalized spacial score (nSPS) is 21.2. The average molecular weight is 627 g/mol. The minimum atomic E-state index is -4.34. The van der Waals surface area contributed by atoms with Crippen molar-refractivity contribution in [2.24, 2.45) is 17.8 Å². The van der Waals surface area contributed by atoms with Crippen LogP contribution in [0.25, 0.3) is 11.1 Å². The first-order chi connectivity index (χ1) is 19.8. The fourth-order valence-corrected chi connectivity index (χ4v) is 7.34. The van der Waals surface area contributed by atoms with Crippen LogP contribution in [0.2, 0.25) is 0 Å². The van der Waals surface area contributed by atoms with Gasteiger partial charge in [-0.2, -0.15) is 0 Å². The third-order valence-electron chi connectivity index (χ3n) is 7.83. The molecule has 3 aromatic rings. The van der Waals surface area contributed by atoms with Crippen LogP contribution >= 0.6 is 18.5 Å². The summed E-state index contributed by atoms with van der Waals surface area (Å²) < 4.78 is 36.7. The highest BCUT2D eigenvalue weighted by Crippen LogP contribution is 2.45. The second-order valence-electron chi connectivity index (χ2n) is 10.6. The molecule has 2 amide bonds. The Morgan fingerprint density at radius 1 is 0.952 bits per heavy atom. The van der Waals surface area contributed by atoms with Crippen LogP contribution in [-0.2, 0) is 14.6 Å². The third-order valence-corrected chi connectivity index (χ3v) is 11.4. The fourth-order valence-electron chi connectivity index (χ4n) is 5.62. The number of aryl methyl sites for hydroxylation is 1. The molecule has 2 aliphatic rings.